The minimum atomic E-state index is -3.58. The van der Waals surface area contributed by atoms with Crippen molar-refractivity contribution in [2.75, 3.05) is 26.2 Å². The Balaban J connectivity index is 1.23. The van der Waals surface area contributed by atoms with Gasteiger partial charge < -0.3 is 14.4 Å². The lowest BCUT2D eigenvalue weighted by Gasteiger charge is -2.34. The number of benzene rings is 2. The van der Waals surface area contributed by atoms with E-state index in [1.54, 1.807) is 34.0 Å². The topological polar surface area (TPSA) is 122 Å². The number of aromatic nitrogens is 2. The molecule has 3 aliphatic rings. The van der Waals surface area contributed by atoms with E-state index in [2.05, 4.69) is 4.90 Å². The number of piperazine rings is 1. The highest BCUT2D eigenvalue weighted by Gasteiger charge is 2.45. The third-order valence-corrected chi connectivity index (χ3v) is 11.0. The highest BCUT2D eigenvalue weighted by atomic mass is 32.2. The van der Waals surface area contributed by atoms with Crippen molar-refractivity contribution in [3.05, 3.63) is 92.8 Å². The van der Waals surface area contributed by atoms with Crippen molar-refractivity contribution in [2.45, 2.75) is 50.5 Å². The summed E-state index contributed by atoms with van der Waals surface area (Å²) in [5, 5.41) is 12.2. The molecule has 1 atom stereocenters. The largest absolute Gasteiger partial charge is 0.458 e. The maximum Gasteiger partial charge on any atom is 0.343 e. The van der Waals surface area contributed by atoms with Crippen LogP contribution in [0.1, 0.15) is 41.2 Å². The number of ether oxygens (including phenoxy) is 1. The van der Waals surface area contributed by atoms with Crippen molar-refractivity contribution in [3.8, 4) is 11.4 Å². The van der Waals surface area contributed by atoms with Gasteiger partial charge in [-0.1, -0.05) is 42.8 Å². The lowest BCUT2D eigenvalue weighted by atomic mass is 9.86. The number of rotatable bonds is 5. The van der Waals surface area contributed by atoms with Gasteiger partial charge in [0.15, 0.2) is 5.60 Å². The summed E-state index contributed by atoms with van der Waals surface area (Å²) in [7, 11) is -3.58. The van der Waals surface area contributed by atoms with Gasteiger partial charge in [-0.25, -0.2) is 18.2 Å². The number of esters is 1. The minimum Gasteiger partial charge on any atom is -0.458 e. The fourth-order valence-corrected chi connectivity index (χ4v) is 7.93. The number of hydrogen-bond donors (Lipinski definition) is 1. The van der Waals surface area contributed by atoms with Gasteiger partial charge in [0.05, 0.1) is 33.9 Å². The van der Waals surface area contributed by atoms with Crippen LogP contribution < -0.4 is 5.56 Å². The summed E-state index contributed by atoms with van der Waals surface area (Å²) in [5.41, 5.74) is 3.37. The number of hydrogen-bond acceptors (Lipinski definition) is 8. The van der Waals surface area contributed by atoms with Crippen molar-refractivity contribution in [2.24, 2.45) is 0 Å². The zero-order valence-electron chi connectivity index (χ0n) is 24.0. The summed E-state index contributed by atoms with van der Waals surface area (Å²) >= 11 is 0. The Morgan fingerprint density at radius 1 is 1.00 bits per heavy atom. The fraction of sp³-hybridized carbons (Fsp3) is 0.344. The molecule has 1 N–H and O–H groups in total. The molecule has 0 aliphatic carbocycles. The number of carbonyl (C=O) groups excluding carboxylic acids is 1. The van der Waals surface area contributed by atoms with Crippen LogP contribution in [0.4, 0.5) is 0 Å². The Hall–Kier alpha value is -3.90. The number of pyridine rings is 2. The lowest BCUT2D eigenvalue weighted by molar-refractivity contribution is -0.172. The number of carbonyl (C=O) groups is 1. The standard InChI is InChI=1S/C32H32N4O6S/c1-3-32(39)26-16-28-29-24(18-36(28)30(37)25(26)19-42-31(32)38)23(22-6-4-5-7-27(22)33-29)17-34-12-14-35(15-13-34)43(40,41)21-10-8-20(2)9-11-21/h4-11,16,39H,3,12-15,17-19H2,1-2H3/t32-/m0/s1. The van der Waals surface area contributed by atoms with Gasteiger partial charge >= 0.3 is 5.97 Å². The lowest BCUT2D eigenvalue weighted by Crippen LogP contribution is -2.48. The van der Waals surface area contributed by atoms with E-state index in [1.165, 1.54) is 0 Å². The van der Waals surface area contributed by atoms with Gasteiger partial charge in [0.2, 0.25) is 10.0 Å². The first-order valence-corrected chi connectivity index (χ1v) is 15.9. The fourth-order valence-electron chi connectivity index (χ4n) is 6.50. The van der Waals surface area contributed by atoms with Crippen molar-refractivity contribution in [1.82, 2.24) is 18.8 Å². The van der Waals surface area contributed by atoms with E-state index in [1.807, 2.05) is 43.3 Å². The Labute approximate surface area is 249 Å². The van der Waals surface area contributed by atoms with E-state index in [0.29, 0.717) is 55.6 Å². The number of nitrogens with zero attached hydrogens (tertiary/aromatic N) is 4. The SMILES string of the molecule is CC[C@@]1(O)C(=O)OCc2c1cc1n(c2=O)Cc2c-1nc1ccccc1c2CN1CCN(S(=O)(=O)c2ccc(C)cc2)CC1. The van der Waals surface area contributed by atoms with E-state index in [4.69, 9.17) is 9.72 Å². The maximum atomic E-state index is 13.7. The first-order chi connectivity index (χ1) is 20.6. The van der Waals surface area contributed by atoms with Crippen molar-refractivity contribution < 1.29 is 23.1 Å². The van der Waals surface area contributed by atoms with E-state index in [-0.39, 0.29) is 29.7 Å². The molecule has 1 fully saturated rings. The van der Waals surface area contributed by atoms with Gasteiger partial charge in [-0.15, -0.1) is 0 Å². The van der Waals surface area contributed by atoms with E-state index in [0.717, 1.165) is 27.6 Å². The molecule has 0 unspecified atom stereocenters. The Morgan fingerprint density at radius 2 is 1.72 bits per heavy atom. The number of aryl methyl sites for hydroxylation is 1. The monoisotopic (exact) mass is 600 g/mol. The molecule has 0 amide bonds. The molecule has 43 heavy (non-hydrogen) atoms. The van der Waals surface area contributed by atoms with Crippen LogP contribution in [-0.2, 0) is 44.9 Å². The minimum absolute atomic E-state index is 0.0800. The van der Waals surface area contributed by atoms with Gasteiger partial charge in [0, 0.05) is 49.2 Å². The van der Waals surface area contributed by atoms with Crippen LogP contribution in [0.2, 0.25) is 0 Å². The quantitative estimate of drug-likeness (QED) is 0.306. The highest BCUT2D eigenvalue weighted by molar-refractivity contribution is 7.89. The Morgan fingerprint density at radius 3 is 2.44 bits per heavy atom. The summed E-state index contributed by atoms with van der Waals surface area (Å²) in [6.07, 6.45) is 0.0800. The van der Waals surface area contributed by atoms with Crippen LogP contribution in [0.15, 0.2) is 64.3 Å². The van der Waals surface area contributed by atoms with Gasteiger partial charge in [0.1, 0.15) is 6.61 Å². The average molecular weight is 601 g/mol. The van der Waals surface area contributed by atoms with Crippen LogP contribution in [0.5, 0.6) is 0 Å². The van der Waals surface area contributed by atoms with Crippen molar-refractivity contribution in [3.63, 3.8) is 0 Å². The molecule has 3 aliphatic heterocycles. The second-order valence-corrected chi connectivity index (χ2v) is 13.5. The van der Waals surface area contributed by atoms with Crippen LogP contribution in [0.3, 0.4) is 0 Å². The number of sulfonamides is 1. The average Bonchev–Trinajstić information content (AvgIpc) is 3.38. The van der Waals surface area contributed by atoms with E-state index < -0.39 is 21.6 Å². The number of para-hydroxylation sites is 1. The molecular weight excluding hydrogens is 568 g/mol. The number of aliphatic hydroxyl groups is 1. The van der Waals surface area contributed by atoms with Gasteiger partial charge in [-0.2, -0.15) is 4.31 Å². The molecule has 5 heterocycles. The molecule has 4 aromatic rings. The first kappa shape index (κ1) is 27.9. The molecule has 0 bridgehead atoms. The van der Waals surface area contributed by atoms with Crippen LogP contribution in [0.25, 0.3) is 22.3 Å². The predicted octanol–water partition coefficient (Wildman–Crippen LogP) is 2.89. The zero-order chi connectivity index (χ0) is 30.1. The summed E-state index contributed by atoms with van der Waals surface area (Å²) in [4.78, 5) is 33.8. The number of fused-ring (bicyclic) bond motifs is 5. The van der Waals surface area contributed by atoms with Crippen LogP contribution in [-0.4, -0.2) is 64.4 Å². The number of cyclic esters (lactones) is 1. The molecule has 0 saturated carbocycles. The molecular formula is C32H32N4O6S. The molecule has 0 radical (unpaired) electrons. The smallest absolute Gasteiger partial charge is 0.343 e. The predicted molar refractivity (Wildman–Crippen MR) is 160 cm³/mol. The molecule has 10 nitrogen and oxygen atoms in total. The third-order valence-electron chi connectivity index (χ3n) is 9.08. The molecule has 1 saturated heterocycles. The Kier molecular flexibility index (Phi) is 6.55. The highest BCUT2D eigenvalue weighted by Crippen LogP contribution is 2.40. The van der Waals surface area contributed by atoms with Gasteiger partial charge in [0.25, 0.3) is 5.56 Å². The molecule has 222 valence electrons. The van der Waals surface area contributed by atoms with Crippen LogP contribution >= 0.6 is 0 Å². The van der Waals surface area contributed by atoms with Crippen molar-refractivity contribution >= 4 is 26.9 Å². The summed E-state index contributed by atoms with van der Waals surface area (Å²) in [5.74, 6) is -0.749. The summed E-state index contributed by atoms with van der Waals surface area (Å²) < 4.78 is 34.9. The van der Waals surface area contributed by atoms with Crippen molar-refractivity contribution in [1.29, 1.82) is 0 Å². The molecule has 7 rings (SSSR count). The second-order valence-electron chi connectivity index (χ2n) is 11.5. The molecule has 2 aromatic heterocycles. The maximum absolute atomic E-state index is 13.7. The summed E-state index contributed by atoms with van der Waals surface area (Å²) in [6.45, 7) is 6.17. The van der Waals surface area contributed by atoms with E-state index in [9.17, 15) is 23.1 Å². The molecule has 11 heteroatoms. The zero-order valence-corrected chi connectivity index (χ0v) is 24.9. The Bertz CT molecular complexity index is 1960. The van der Waals surface area contributed by atoms with Gasteiger partial charge in [-0.3, -0.25) is 9.69 Å². The van der Waals surface area contributed by atoms with E-state index >= 15 is 0 Å². The normalized spacial score (nSPS) is 20.5. The summed E-state index contributed by atoms with van der Waals surface area (Å²) in [6, 6.07) is 16.5. The van der Waals surface area contributed by atoms with Crippen LogP contribution in [0, 0.1) is 6.92 Å². The second kappa shape index (κ2) is 10.1. The third kappa shape index (κ3) is 4.33. The molecule has 2 aromatic carbocycles. The molecule has 0 spiro atoms. The van der Waals surface area contributed by atoms with Gasteiger partial charge in [-0.05, 0) is 43.2 Å². The first-order valence-electron chi connectivity index (χ1n) is 14.5.